The van der Waals surface area contributed by atoms with Gasteiger partial charge in [-0.1, -0.05) is 47.5 Å². The van der Waals surface area contributed by atoms with Crippen LogP contribution in [0.5, 0.6) is 0 Å². The molecule has 132 valence electrons. The highest BCUT2D eigenvalue weighted by molar-refractivity contribution is 5.79. The Morgan fingerprint density at radius 1 is 0.960 bits per heavy atom. The van der Waals surface area contributed by atoms with Crippen LogP contribution >= 0.6 is 0 Å². The molecular weight excluding hydrogens is 308 g/mol. The molecule has 1 amide bonds. The number of nitrogens with one attached hydrogen (secondary N) is 1. The fraction of sp³-hybridized carbons (Fsp3) is 0.409. The number of hydrogen-bond donors (Lipinski definition) is 1. The van der Waals surface area contributed by atoms with Gasteiger partial charge in [0.1, 0.15) is 0 Å². The quantitative estimate of drug-likeness (QED) is 0.897. The molecule has 2 aromatic carbocycles. The molecule has 1 saturated heterocycles. The van der Waals surface area contributed by atoms with Gasteiger partial charge in [-0.15, -0.1) is 0 Å². The molecule has 3 heteroatoms. The fourth-order valence-corrected chi connectivity index (χ4v) is 3.43. The summed E-state index contributed by atoms with van der Waals surface area (Å²) in [4.78, 5) is 15.0. The molecule has 1 aliphatic heterocycles. The Bertz CT molecular complexity index is 698. The lowest BCUT2D eigenvalue weighted by Crippen LogP contribution is -2.41. The average Bonchev–Trinajstić information content (AvgIpc) is 2.63. The summed E-state index contributed by atoms with van der Waals surface area (Å²) in [7, 11) is 0. The molecular formula is C22H28N2O. The third-order valence-electron chi connectivity index (χ3n) is 5.20. The average molecular weight is 336 g/mol. The summed E-state index contributed by atoms with van der Waals surface area (Å²) in [6, 6.07) is 17.1. The van der Waals surface area contributed by atoms with Crippen LogP contribution in [0.2, 0.25) is 0 Å². The summed E-state index contributed by atoms with van der Waals surface area (Å²) in [5, 5.41) is 3.19. The van der Waals surface area contributed by atoms with Gasteiger partial charge in [0.2, 0.25) is 5.91 Å². The van der Waals surface area contributed by atoms with Crippen LogP contribution in [0.4, 0.5) is 5.69 Å². The van der Waals surface area contributed by atoms with Crippen molar-refractivity contribution in [1.29, 1.82) is 0 Å². The SMILES string of the molecule is Cc1ccc([C@@H](C)NC(=O)C2CCN(c3ccc(C)cc3)CC2)cc1. The molecule has 1 N–H and O–H groups in total. The van der Waals surface area contributed by atoms with E-state index in [1.54, 1.807) is 0 Å². The van der Waals surface area contributed by atoms with E-state index in [0.717, 1.165) is 31.5 Å². The van der Waals surface area contributed by atoms with Gasteiger partial charge in [0.05, 0.1) is 6.04 Å². The minimum atomic E-state index is 0.0585. The van der Waals surface area contributed by atoms with Gasteiger partial charge in [-0.25, -0.2) is 0 Å². The Morgan fingerprint density at radius 3 is 2.04 bits per heavy atom. The van der Waals surface area contributed by atoms with E-state index in [9.17, 15) is 4.79 Å². The molecule has 25 heavy (non-hydrogen) atoms. The maximum Gasteiger partial charge on any atom is 0.223 e. The Labute approximate surface area is 151 Å². The van der Waals surface area contributed by atoms with Gasteiger partial charge < -0.3 is 10.2 Å². The lowest BCUT2D eigenvalue weighted by atomic mass is 9.94. The van der Waals surface area contributed by atoms with Gasteiger partial charge in [0.15, 0.2) is 0 Å². The predicted molar refractivity (Wildman–Crippen MR) is 104 cm³/mol. The van der Waals surface area contributed by atoms with Gasteiger partial charge in [0, 0.05) is 24.7 Å². The Morgan fingerprint density at radius 2 is 1.48 bits per heavy atom. The molecule has 1 aliphatic rings. The summed E-state index contributed by atoms with van der Waals surface area (Å²) in [6.07, 6.45) is 1.83. The monoisotopic (exact) mass is 336 g/mol. The highest BCUT2D eigenvalue weighted by atomic mass is 16.1. The zero-order chi connectivity index (χ0) is 17.8. The number of carbonyl (C=O) groups excluding carboxylic acids is 1. The van der Waals surface area contributed by atoms with Gasteiger partial charge in [0.25, 0.3) is 0 Å². The summed E-state index contributed by atoms with van der Waals surface area (Å²) < 4.78 is 0. The van der Waals surface area contributed by atoms with Crippen LogP contribution in [0.25, 0.3) is 0 Å². The fourth-order valence-electron chi connectivity index (χ4n) is 3.43. The minimum Gasteiger partial charge on any atom is -0.371 e. The van der Waals surface area contributed by atoms with Crippen LogP contribution in [0.15, 0.2) is 48.5 Å². The Hall–Kier alpha value is -2.29. The van der Waals surface area contributed by atoms with E-state index < -0.39 is 0 Å². The molecule has 2 aromatic rings. The first-order valence-corrected chi connectivity index (χ1v) is 9.21. The van der Waals surface area contributed by atoms with E-state index in [1.165, 1.54) is 16.8 Å². The second-order valence-corrected chi connectivity index (χ2v) is 7.24. The number of piperidine rings is 1. The van der Waals surface area contributed by atoms with E-state index in [2.05, 4.69) is 79.5 Å². The van der Waals surface area contributed by atoms with Crippen LogP contribution < -0.4 is 10.2 Å². The maximum atomic E-state index is 12.6. The summed E-state index contributed by atoms with van der Waals surface area (Å²) in [6.45, 7) is 8.13. The van der Waals surface area contributed by atoms with Crippen molar-refractivity contribution in [2.45, 2.75) is 39.7 Å². The maximum absolute atomic E-state index is 12.6. The number of hydrogen-bond acceptors (Lipinski definition) is 2. The van der Waals surface area contributed by atoms with Crippen molar-refractivity contribution in [3.8, 4) is 0 Å². The third-order valence-corrected chi connectivity index (χ3v) is 5.20. The van der Waals surface area contributed by atoms with E-state index in [0.29, 0.717) is 0 Å². The van der Waals surface area contributed by atoms with Crippen LogP contribution in [0.3, 0.4) is 0 Å². The lowest BCUT2D eigenvalue weighted by Gasteiger charge is -2.33. The normalized spacial score (nSPS) is 16.5. The van der Waals surface area contributed by atoms with Crippen LogP contribution in [-0.4, -0.2) is 19.0 Å². The molecule has 0 unspecified atom stereocenters. The molecule has 0 aliphatic carbocycles. The first-order valence-electron chi connectivity index (χ1n) is 9.21. The second kappa shape index (κ2) is 7.73. The zero-order valence-corrected chi connectivity index (χ0v) is 15.5. The first kappa shape index (κ1) is 17.5. The van der Waals surface area contributed by atoms with Crippen molar-refractivity contribution in [2.24, 2.45) is 5.92 Å². The number of carbonyl (C=O) groups is 1. The largest absolute Gasteiger partial charge is 0.371 e. The smallest absolute Gasteiger partial charge is 0.223 e. The van der Waals surface area contributed by atoms with E-state index in [4.69, 9.17) is 0 Å². The molecule has 1 fully saturated rings. The number of anilines is 1. The molecule has 3 rings (SSSR count). The van der Waals surface area contributed by atoms with Gasteiger partial charge in [-0.2, -0.15) is 0 Å². The van der Waals surface area contributed by atoms with Gasteiger partial charge >= 0.3 is 0 Å². The van der Waals surface area contributed by atoms with Crippen molar-refractivity contribution in [2.75, 3.05) is 18.0 Å². The topological polar surface area (TPSA) is 32.3 Å². The summed E-state index contributed by atoms with van der Waals surface area (Å²) >= 11 is 0. The van der Waals surface area contributed by atoms with Crippen molar-refractivity contribution in [1.82, 2.24) is 5.32 Å². The van der Waals surface area contributed by atoms with Crippen LogP contribution in [-0.2, 0) is 4.79 Å². The number of benzene rings is 2. The predicted octanol–water partition coefficient (Wildman–Crippen LogP) is 4.40. The van der Waals surface area contributed by atoms with Gasteiger partial charge in [-0.3, -0.25) is 4.79 Å². The number of rotatable bonds is 4. The Balaban J connectivity index is 1.52. The standard InChI is InChI=1S/C22H28N2O/c1-16-4-8-19(9-5-16)18(3)23-22(25)20-12-14-24(15-13-20)21-10-6-17(2)7-11-21/h4-11,18,20H,12-15H2,1-3H3,(H,23,25)/t18-/m1/s1. The molecule has 1 atom stereocenters. The minimum absolute atomic E-state index is 0.0585. The summed E-state index contributed by atoms with van der Waals surface area (Å²) in [5.41, 5.74) is 4.95. The van der Waals surface area contributed by atoms with E-state index in [-0.39, 0.29) is 17.9 Å². The first-order chi connectivity index (χ1) is 12.0. The van der Waals surface area contributed by atoms with Crippen molar-refractivity contribution < 1.29 is 4.79 Å². The zero-order valence-electron chi connectivity index (χ0n) is 15.5. The second-order valence-electron chi connectivity index (χ2n) is 7.24. The van der Waals surface area contributed by atoms with E-state index in [1.807, 2.05) is 0 Å². The van der Waals surface area contributed by atoms with Crippen molar-refractivity contribution >= 4 is 11.6 Å². The molecule has 0 aromatic heterocycles. The van der Waals surface area contributed by atoms with Crippen molar-refractivity contribution in [3.63, 3.8) is 0 Å². The summed E-state index contributed by atoms with van der Waals surface area (Å²) in [5.74, 6) is 0.311. The number of amides is 1. The molecule has 1 heterocycles. The van der Waals surface area contributed by atoms with E-state index >= 15 is 0 Å². The number of nitrogens with zero attached hydrogens (tertiary/aromatic N) is 1. The molecule has 0 spiro atoms. The van der Waals surface area contributed by atoms with Crippen LogP contribution in [0, 0.1) is 19.8 Å². The molecule has 0 saturated carbocycles. The lowest BCUT2D eigenvalue weighted by molar-refractivity contribution is -0.126. The highest BCUT2D eigenvalue weighted by Crippen LogP contribution is 2.24. The molecule has 0 bridgehead atoms. The molecule has 3 nitrogen and oxygen atoms in total. The van der Waals surface area contributed by atoms with Gasteiger partial charge in [-0.05, 0) is 51.3 Å². The Kier molecular flexibility index (Phi) is 5.42. The van der Waals surface area contributed by atoms with Crippen LogP contribution in [0.1, 0.15) is 42.5 Å². The number of aryl methyl sites for hydroxylation is 2. The van der Waals surface area contributed by atoms with Crippen molar-refractivity contribution in [3.05, 3.63) is 65.2 Å². The highest BCUT2D eigenvalue weighted by Gasteiger charge is 2.26. The third kappa shape index (κ3) is 4.41. The molecule has 0 radical (unpaired) electrons.